The molecule has 0 aromatic heterocycles. The summed E-state index contributed by atoms with van der Waals surface area (Å²) in [6, 6.07) is 21.9. The summed E-state index contributed by atoms with van der Waals surface area (Å²) in [5.41, 5.74) is 2.72. The van der Waals surface area contributed by atoms with E-state index in [2.05, 4.69) is 72.9 Å². The molecule has 1 aliphatic heterocycles. The minimum absolute atomic E-state index is 0.365. The van der Waals surface area contributed by atoms with E-state index in [9.17, 15) is 0 Å². The highest BCUT2D eigenvalue weighted by Crippen LogP contribution is 2.28. The molecule has 116 valence electrons. The third-order valence-corrected chi connectivity index (χ3v) is 4.51. The van der Waals surface area contributed by atoms with Crippen LogP contribution in [0.2, 0.25) is 0 Å². The van der Waals surface area contributed by atoms with Gasteiger partial charge in [-0.25, -0.2) is 0 Å². The van der Waals surface area contributed by atoms with Crippen molar-refractivity contribution < 1.29 is 4.74 Å². The van der Waals surface area contributed by atoms with Gasteiger partial charge in [0.05, 0.1) is 6.10 Å². The average molecular weight is 295 g/mol. The van der Waals surface area contributed by atoms with Crippen molar-refractivity contribution in [3.8, 4) is 0 Å². The van der Waals surface area contributed by atoms with Crippen molar-refractivity contribution in [2.75, 3.05) is 13.2 Å². The molecule has 0 saturated carbocycles. The molecule has 1 fully saturated rings. The second kappa shape index (κ2) is 7.57. The van der Waals surface area contributed by atoms with E-state index >= 15 is 0 Å². The van der Waals surface area contributed by atoms with E-state index in [0.29, 0.717) is 18.1 Å². The van der Waals surface area contributed by atoms with Gasteiger partial charge in [-0.05, 0) is 30.9 Å². The zero-order valence-electron chi connectivity index (χ0n) is 13.2. The summed E-state index contributed by atoms with van der Waals surface area (Å²) >= 11 is 0. The van der Waals surface area contributed by atoms with Gasteiger partial charge in [-0.3, -0.25) is 0 Å². The highest BCUT2D eigenvalue weighted by Gasteiger charge is 2.23. The summed E-state index contributed by atoms with van der Waals surface area (Å²) in [6.07, 6.45) is 2.76. The maximum Gasteiger partial charge on any atom is 0.0700 e. The van der Waals surface area contributed by atoms with Gasteiger partial charge in [0.25, 0.3) is 0 Å². The Hall–Kier alpha value is -1.64. The van der Waals surface area contributed by atoms with E-state index in [0.717, 1.165) is 13.2 Å². The first-order valence-corrected chi connectivity index (χ1v) is 8.29. The first-order chi connectivity index (χ1) is 10.8. The lowest BCUT2D eigenvalue weighted by molar-refractivity contribution is 0.107. The number of rotatable bonds is 6. The molecule has 0 spiro atoms. The zero-order valence-corrected chi connectivity index (χ0v) is 13.2. The maximum atomic E-state index is 5.73. The number of hydrogen-bond acceptors (Lipinski definition) is 2. The Morgan fingerprint density at radius 3 is 2.09 bits per heavy atom. The van der Waals surface area contributed by atoms with Crippen molar-refractivity contribution in [2.24, 2.45) is 0 Å². The molecule has 1 heterocycles. The van der Waals surface area contributed by atoms with Gasteiger partial charge in [0, 0.05) is 25.1 Å². The van der Waals surface area contributed by atoms with Crippen LogP contribution in [0.3, 0.4) is 0 Å². The molecule has 2 unspecified atom stereocenters. The molecule has 2 nitrogen and oxygen atoms in total. The van der Waals surface area contributed by atoms with Crippen LogP contribution in [-0.2, 0) is 4.74 Å². The molecular weight excluding hydrogens is 270 g/mol. The van der Waals surface area contributed by atoms with Crippen LogP contribution in [0.25, 0.3) is 0 Å². The van der Waals surface area contributed by atoms with Crippen LogP contribution in [0.15, 0.2) is 60.7 Å². The number of hydrogen-bond donors (Lipinski definition) is 1. The molecular formula is C20H25NO. The van der Waals surface area contributed by atoms with E-state index in [1.807, 2.05) is 0 Å². The molecule has 1 aliphatic rings. The van der Waals surface area contributed by atoms with Gasteiger partial charge in [0.1, 0.15) is 0 Å². The summed E-state index contributed by atoms with van der Waals surface area (Å²) < 4.78 is 5.73. The largest absolute Gasteiger partial charge is 0.377 e. The third-order valence-electron chi connectivity index (χ3n) is 4.51. The predicted molar refractivity (Wildman–Crippen MR) is 91.2 cm³/mol. The first kappa shape index (κ1) is 15.3. The van der Waals surface area contributed by atoms with Gasteiger partial charge in [-0.2, -0.15) is 0 Å². The Bertz CT molecular complexity index is 509. The predicted octanol–water partition coefficient (Wildman–Crippen LogP) is 3.98. The molecule has 0 amide bonds. The van der Waals surface area contributed by atoms with Crippen LogP contribution in [0.4, 0.5) is 0 Å². The summed E-state index contributed by atoms with van der Waals surface area (Å²) in [7, 11) is 0. The summed E-state index contributed by atoms with van der Waals surface area (Å²) in [5, 5.41) is 3.70. The molecule has 0 bridgehead atoms. The van der Waals surface area contributed by atoms with Gasteiger partial charge < -0.3 is 10.1 Å². The Morgan fingerprint density at radius 1 is 1.00 bits per heavy atom. The van der Waals surface area contributed by atoms with E-state index in [-0.39, 0.29) is 0 Å². The Morgan fingerprint density at radius 2 is 1.59 bits per heavy atom. The molecule has 0 radical (unpaired) electrons. The van der Waals surface area contributed by atoms with Crippen molar-refractivity contribution in [1.29, 1.82) is 0 Å². The van der Waals surface area contributed by atoms with Crippen molar-refractivity contribution in [3.05, 3.63) is 71.8 Å². The van der Waals surface area contributed by atoms with Crippen LogP contribution in [0, 0.1) is 0 Å². The fraction of sp³-hybridized carbons (Fsp3) is 0.400. The van der Waals surface area contributed by atoms with Gasteiger partial charge in [0.2, 0.25) is 0 Å². The lowest BCUT2D eigenvalue weighted by Gasteiger charge is -2.27. The fourth-order valence-electron chi connectivity index (χ4n) is 3.33. The van der Waals surface area contributed by atoms with Gasteiger partial charge in [-0.15, -0.1) is 0 Å². The smallest absolute Gasteiger partial charge is 0.0700 e. The molecule has 2 atom stereocenters. The SMILES string of the molecule is CC(NCC1CCCO1)C(c1ccccc1)c1ccccc1. The van der Waals surface area contributed by atoms with Crippen LogP contribution in [0.1, 0.15) is 36.8 Å². The second-order valence-electron chi connectivity index (χ2n) is 6.13. The number of ether oxygens (including phenoxy) is 1. The highest BCUT2D eigenvalue weighted by molar-refractivity contribution is 5.34. The fourth-order valence-corrected chi connectivity index (χ4v) is 3.33. The lowest BCUT2D eigenvalue weighted by Crippen LogP contribution is -2.37. The molecule has 2 heteroatoms. The highest BCUT2D eigenvalue weighted by atomic mass is 16.5. The first-order valence-electron chi connectivity index (χ1n) is 8.29. The van der Waals surface area contributed by atoms with E-state index in [1.165, 1.54) is 24.0 Å². The minimum Gasteiger partial charge on any atom is -0.377 e. The van der Waals surface area contributed by atoms with Crippen molar-refractivity contribution >= 4 is 0 Å². The summed E-state index contributed by atoms with van der Waals surface area (Å²) in [4.78, 5) is 0. The second-order valence-corrected chi connectivity index (χ2v) is 6.13. The van der Waals surface area contributed by atoms with E-state index in [1.54, 1.807) is 0 Å². The number of benzene rings is 2. The lowest BCUT2D eigenvalue weighted by atomic mass is 9.86. The van der Waals surface area contributed by atoms with Gasteiger partial charge in [-0.1, -0.05) is 60.7 Å². The molecule has 3 rings (SSSR count). The Labute approximate surface area is 133 Å². The van der Waals surface area contributed by atoms with Crippen molar-refractivity contribution in [2.45, 2.75) is 37.8 Å². The number of nitrogens with one attached hydrogen (secondary N) is 1. The summed E-state index contributed by atoms with van der Waals surface area (Å²) in [5.74, 6) is 0.365. The van der Waals surface area contributed by atoms with E-state index in [4.69, 9.17) is 4.74 Å². The Kier molecular flexibility index (Phi) is 5.25. The molecule has 1 saturated heterocycles. The molecule has 2 aromatic rings. The maximum absolute atomic E-state index is 5.73. The van der Waals surface area contributed by atoms with Crippen molar-refractivity contribution in [3.63, 3.8) is 0 Å². The molecule has 22 heavy (non-hydrogen) atoms. The summed E-state index contributed by atoms with van der Waals surface area (Å²) in [6.45, 7) is 4.14. The Balaban J connectivity index is 1.75. The van der Waals surface area contributed by atoms with Crippen LogP contribution >= 0.6 is 0 Å². The molecule has 1 N–H and O–H groups in total. The van der Waals surface area contributed by atoms with E-state index < -0.39 is 0 Å². The topological polar surface area (TPSA) is 21.3 Å². The van der Waals surface area contributed by atoms with Gasteiger partial charge >= 0.3 is 0 Å². The normalized spacial score (nSPS) is 19.5. The molecule has 0 aliphatic carbocycles. The average Bonchev–Trinajstić information content (AvgIpc) is 3.09. The third kappa shape index (κ3) is 3.76. The van der Waals surface area contributed by atoms with Crippen LogP contribution in [-0.4, -0.2) is 25.3 Å². The van der Waals surface area contributed by atoms with Crippen LogP contribution < -0.4 is 5.32 Å². The van der Waals surface area contributed by atoms with Crippen LogP contribution in [0.5, 0.6) is 0 Å². The minimum atomic E-state index is 0.365. The molecule has 2 aromatic carbocycles. The zero-order chi connectivity index (χ0) is 15.2. The monoisotopic (exact) mass is 295 g/mol. The standard InChI is InChI=1S/C20H25NO/c1-16(21-15-19-13-8-14-22-19)20(17-9-4-2-5-10-17)18-11-6-3-7-12-18/h2-7,9-12,16,19-21H,8,13-15H2,1H3. The van der Waals surface area contributed by atoms with Crippen molar-refractivity contribution in [1.82, 2.24) is 5.32 Å². The van der Waals surface area contributed by atoms with Gasteiger partial charge in [0.15, 0.2) is 0 Å². The quantitative estimate of drug-likeness (QED) is 0.870.